The molecule has 0 saturated carbocycles. The molecule has 0 heteroatoms. The lowest BCUT2D eigenvalue weighted by Gasteiger charge is -2.19. The molecule has 0 radical (unpaired) electrons. The van der Waals surface area contributed by atoms with E-state index in [0.29, 0.717) is 11.8 Å². The van der Waals surface area contributed by atoms with Crippen LogP contribution in [-0.4, -0.2) is 0 Å². The van der Waals surface area contributed by atoms with Crippen molar-refractivity contribution < 1.29 is 0 Å². The zero-order valence-corrected chi connectivity index (χ0v) is 19.3. The Morgan fingerprint density at radius 2 is 1.48 bits per heavy atom. The van der Waals surface area contributed by atoms with Crippen LogP contribution in [-0.2, 0) is 11.8 Å². The van der Waals surface area contributed by atoms with Crippen LogP contribution < -0.4 is 10.4 Å². The summed E-state index contributed by atoms with van der Waals surface area (Å²) in [6.45, 7) is 18.8. The standard InChI is InChI=1S/C29H34/c1-16(2)24-15-29(7,8)26-12-20-18(9-22(24)26)10-23-21(20)11-19-13-28(5,6)14-25(19)27(23)17(3)4/h9,11-17H,10H2,1-8H3. The van der Waals surface area contributed by atoms with Gasteiger partial charge in [-0.2, -0.15) is 0 Å². The number of allylic oxidation sites excluding steroid dienone is 2. The SMILES string of the molecule is CC(C)C1=CC(C)(C)c2cc3c(cc21)Cc1c-3cc2c(c1C(C)C)=CC(C)(C)C=2. The van der Waals surface area contributed by atoms with E-state index in [-0.39, 0.29) is 10.8 Å². The molecule has 3 aliphatic carbocycles. The van der Waals surface area contributed by atoms with Crippen LogP contribution in [0.2, 0.25) is 0 Å². The average molecular weight is 383 g/mol. The number of hydrogen-bond donors (Lipinski definition) is 0. The fraction of sp³-hybridized carbons (Fsp3) is 0.448. The van der Waals surface area contributed by atoms with Crippen LogP contribution in [0.25, 0.3) is 28.9 Å². The summed E-state index contributed by atoms with van der Waals surface area (Å²) >= 11 is 0. The Bertz CT molecular complexity index is 1210. The molecule has 3 aliphatic rings. The quantitative estimate of drug-likeness (QED) is 0.487. The molecule has 0 aliphatic heterocycles. The van der Waals surface area contributed by atoms with E-state index in [0.717, 1.165) is 6.42 Å². The molecule has 0 saturated heterocycles. The normalized spacial score (nSPS) is 19.4. The molecule has 0 aromatic heterocycles. The highest BCUT2D eigenvalue weighted by atomic mass is 14.4. The molecule has 0 heterocycles. The minimum Gasteiger partial charge on any atom is -0.0704 e. The average Bonchev–Trinajstić information content (AvgIpc) is 3.18. The predicted molar refractivity (Wildman–Crippen MR) is 127 cm³/mol. The van der Waals surface area contributed by atoms with Gasteiger partial charge in [0.15, 0.2) is 0 Å². The first-order chi connectivity index (χ1) is 13.5. The molecular weight excluding hydrogens is 348 g/mol. The number of rotatable bonds is 2. The second-order valence-corrected chi connectivity index (χ2v) is 11.3. The molecule has 5 rings (SSSR count). The predicted octanol–water partition coefficient (Wildman–Crippen LogP) is 6.31. The maximum atomic E-state index is 2.53. The fourth-order valence-corrected chi connectivity index (χ4v) is 5.99. The lowest BCUT2D eigenvalue weighted by atomic mass is 9.84. The topological polar surface area (TPSA) is 0 Å². The highest BCUT2D eigenvalue weighted by Gasteiger charge is 2.34. The summed E-state index contributed by atoms with van der Waals surface area (Å²) in [5.74, 6) is 1.11. The summed E-state index contributed by atoms with van der Waals surface area (Å²) in [5, 5.41) is 2.93. The first-order valence-corrected chi connectivity index (χ1v) is 11.3. The third-order valence-electron chi connectivity index (χ3n) is 7.22. The Morgan fingerprint density at radius 3 is 2.14 bits per heavy atom. The highest BCUT2D eigenvalue weighted by Crippen LogP contribution is 2.48. The smallest absolute Gasteiger partial charge is 0.00876 e. The van der Waals surface area contributed by atoms with E-state index in [1.165, 1.54) is 43.8 Å². The minimum absolute atomic E-state index is 0.117. The largest absolute Gasteiger partial charge is 0.0704 e. The van der Waals surface area contributed by atoms with Gasteiger partial charge < -0.3 is 0 Å². The number of hydrogen-bond acceptors (Lipinski definition) is 0. The van der Waals surface area contributed by atoms with E-state index in [4.69, 9.17) is 0 Å². The molecule has 2 aromatic carbocycles. The zero-order chi connectivity index (χ0) is 20.9. The van der Waals surface area contributed by atoms with Crippen LogP contribution in [0.5, 0.6) is 0 Å². The lowest BCUT2D eigenvalue weighted by Crippen LogP contribution is -2.28. The molecule has 0 atom stereocenters. The Labute approximate surface area is 176 Å². The first kappa shape index (κ1) is 18.9. The van der Waals surface area contributed by atoms with Crippen LogP contribution >= 0.6 is 0 Å². The first-order valence-electron chi connectivity index (χ1n) is 11.3. The van der Waals surface area contributed by atoms with Gasteiger partial charge in [0, 0.05) is 10.8 Å². The van der Waals surface area contributed by atoms with Crippen molar-refractivity contribution in [1.82, 2.24) is 0 Å². The Morgan fingerprint density at radius 1 is 0.759 bits per heavy atom. The van der Waals surface area contributed by atoms with Crippen LogP contribution in [0.1, 0.15) is 89.1 Å². The number of benzene rings is 2. The summed E-state index contributed by atoms with van der Waals surface area (Å²) in [4.78, 5) is 0. The summed E-state index contributed by atoms with van der Waals surface area (Å²) in [6.07, 6.45) is 8.54. The molecule has 29 heavy (non-hydrogen) atoms. The number of fused-ring (bicyclic) bond motifs is 5. The van der Waals surface area contributed by atoms with Gasteiger partial charge in [0.2, 0.25) is 0 Å². The van der Waals surface area contributed by atoms with E-state index in [2.05, 4.69) is 91.8 Å². The van der Waals surface area contributed by atoms with E-state index in [1.807, 2.05) is 0 Å². The zero-order valence-electron chi connectivity index (χ0n) is 19.3. The molecule has 0 nitrogen and oxygen atoms in total. The monoisotopic (exact) mass is 382 g/mol. The van der Waals surface area contributed by atoms with Crippen molar-refractivity contribution >= 4 is 17.7 Å². The molecular formula is C29H34. The van der Waals surface area contributed by atoms with E-state index in [1.54, 1.807) is 11.1 Å². The van der Waals surface area contributed by atoms with Gasteiger partial charge in [-0.05, 0) is 85.3 Å². The summed E-state index contributed by atoms with van der Waals surface area (Å²) in [6, 6.07) is 7.54. The molecule has 2 aromatic rings. The van der Waals surface area contributed by atoms with Crippen LogP contribution in [0.4, 0.5) is 0 Å². The van der Waals surface area contributed by atoms with Crippen LogP contribution in [0, 0.1) is 11.3 Å². The van der Waals surface area contributed by atoms with Gasteiger partial charge in [-0.1, -0.05) is 79.7 Å². The molecule has 150 valence electrons. The molecule has 0 fully saturated rings. The Balaban J connectivity index is 1.79. The van der Waals surface area contributed by atoms with E-state index >= 15 is 0 Å². The van der Waals surface area contributed by atoms with Crippen LogP contribution in [0.15, 0.2) is 24.3 Å². The van der Waals surface area contributed by atoms with Crippen LogP contribution in [0.3, 0.4) is 0 Å². The van der Waals surface area contributed by atoms with Crippen molar-refractivity contribution in [2.45, 2.75) is 73.1 Å². The fourth-order valence-electron chi connectivity index (χ4n) is 5.99. The van der Waals surface area contributed by atoms with Crippen molar-refractivity contribution in [2.75, 3.05) is 0 Å². The van der Waals surface area contributed by atoms with Crippen molar-refractivity contribution in [3.05, 3.63) is 62.5 Å². The third-order valence-corrected chi connectivity index (χ3v) is 7.22. The summed E-state index contributed by atoms with van der Waals surface area (Å²) < 4.78 is 0. The molecule has 0 unspecified atom stereocenters. The van der Waals surface area contributed by atoms with Crippen molar-refractivity contribution in [3.8, 4) is 11.1 Å². The maximum absolute atomic E-state index is 2.53. The minimum atomic E-state index is 0.117. The maximum Gasteiger partial charge on any atom is 0.00876 e. The van der Waals surface area contributed by atoms with Crippen molar-refractivity contribution in [1.29, 1.82) is 0 Å². The lowest BCUT2D eigenvalue weighted by molar-refractivity contribution is 0.681. The molecule has 0 bridgehead atoms. The van der Waals surface area contributed by atoms with E-state index in [9.17, 15) is 0 Å². The Kier molecular flexibility index (Phi) is 3.75. The molecule has 0 N–H and O–H groups in total. The second kappa shape index (κ2) is 5.75. The summed E-state index contributed by atoms with van der Waals surface area (Å²) in [5.41, 5.74) is 12.4. The van der Waals surface area contributed by atoms with Gasteiger partial charge in [-0.25, -0.2) is 0 Å². The van der Waals surface area contributed by atoms with Gasteiger partial charge in [-0.15, -0.1) is 0 Å². The highest BCUT2D eigenvalue weighted by molar-refractivity contribution is 5.86. The van der Waals surface area contributed by atoms with Gasteiger partial charge >= 0.3 is 0 Å². The van der Waals surface area contributed by atoms with Gasteiger partial charge in [0.25, 0.3) is 0 Å². The van der Waals surface area contributed by atoms with E-state index < -0.39 is 0 Å². The van der Waals surface area contributed by atoms with Crippen molar-refractivity contribution in [3.63, 3.8) is 0 Å². The molecule has 0 amide bonds. The second-order valence-electron chi connectivity index (χ2n) is 11.3. The summed E-state index contributed by atoms with van der Waals surface area (Å²) in [7, 11) is 0. The third kappa shape index (κ3) is 2.64. The van der Waals surface area contributed by atoms with Gasteiger partial charge in [0.05, 0.1) is 0 Å². The Hall–Kier alpha value is -2.08. The van der Waals surface area contributed by atoms with Gasteiger partial charge in [0.1, 0.15) is 0 Å². The molecule has 0 spiro atoms. The van der Waals surface area contributed by atoms with Gasteiger partial charge in [-0.3, -0.25) is 0 Å². The van der Waals surface area contributed by atoms with Crippen molar-refractivity contribution in [2.24, 2.45) is 11.3 Å².